The Labute approximate surface area is 275 Å². The van der Waals surface area contributed by atoms with E-state index in [9.17, 15) is 14.7 Å². The van der Waals surface area contributed by atoms with Gasteiger partial charge in [0.05, 0.1) is 17.6 Å². The minimum atomic E-state index is -0.662. The van der Waals surface area contributed by atoms with Crippen molar-refractivity contribution in [1.82, 2.24) is 4.98 Å². The Morgan fingerprint density at radius 2 is 2.00 bits per heavy atom. The summed E-state index contributed by atoms with van der Waals surface area (Å²) < 4.78 is 9.39. The molecule has 3 saturated carbocycles. The van der Waals surface area contributed by atoms with Gasteiger partial charge in [0.25, 0.3) is 0 Å². The predicted molar refractivity (Wildman–Crippen MR) is 168 cm³/mol. The second kappa shape index (κ2) is 13.4. The third-order valence-corrected chi connectivity index (χ3v) is 13.3. The quantitative estimate of drug-likeness (QED) is 0.186. The number of ketones is 1. The van der Waals surface area contributed by atoms with Gasteiger partial charge < -0.3 is 26.8 Å². The summed E-state index contributed by atoms with van der Waals surface area (Å²) in [5, 5.41) is 13.7. The first-order valence-electron chi connectivity index (χ1n) is 15.6. The molecule has 0 spiro atoms. The van der Waals surface area contributed by atoms with E-state index in [2.05, 4.69) is 63.4 Å². The number of aliphatic hydroxyl groups excluding tert-OH is 1. The second-order valence-electron chi connectivity index (χ2n) is 13.5. The number of unbranched alkanes of at least 4 members (excludes halogenated alkanes) is 1. The number of thiazole rings is 1. The van der Waals surface area contributed by atoms with E-state index >= 15 is 0 Å². The Balaban J connectivity index is 0.00000423. The molecule has 0 aliphatic heterocycles. The zero-order valence-electron chi connectivity index (χ0n) is 26.2. The summed E-state index contributed by atoms with van der Waals surface area (Å²) in [4.78, 5) is 31.8. The third kappa shape index (κ3) is 6.17. The van der Waals surface area contributed by atoms with Gasteiger partial charge in [0.1, 0.15) is 18.4 Å². The van der Waals surface area contributed by atoms with Gasteiger partial charge in [-0.1, -0.05) is 58.9 Å². The summed E-state index contributed by atoms with van der Waals surface area (Å²) in [5.41, 5.74) is 0.562. The van der Waals surface area contributed by atoms with Crippen molar-refractivity contribution in [3.05, 3.63) is 42.6 Å². The molecule has 2 bridgehead atoms. The number of hydrogen-bond acceptors (Lipinski definition) is 7. The number of rotatable bonds is 9. The number of Topliss-reactive ketones (excluding diaryl/α,β-unsaturated/α-hetero) is 1. The van der Waals surface area contributed by atoms with Gasteiger partial charge in [-0.3, -0.25) is 9.59 Å². The fraction of sp³-hybridized carbons (Fsp3) is 0.647. The summed E-state index contributed by atoms with van der Waals surface area (Å²) in [6.07, 6.45) is 10.9. The van der Waals surface area contributed by atoms with E-state index in [-0.39, 0.29) is 57.7 Å². The fourth-order valence-corrected chi connectivity index (χ4v) is 10.0. The average Bonchev–Trinajstić information content (AvgIpc) is 3.61. The van der Waals surface area contributed by atoms with Crippen LogP contribution in [0.25, 0.3) is 11.3 Å². The Morgan fingerprint density at radius 1 is 1.28 bits per heavy atom. The number of esters is 1. The highest BCUT2D eigenvalue weighted by molar-refractivity contribution is 8.01. The van der Waals surface area contributed by atoms with E-state index in [4.69, 9.17) is 9.72 Å². The molecule has 9 heteroatoms. The molecule has 2 aromatic heterocycles. The SMILES string of the molecule is C=C[C@]1(C)C[C@@H](OC(=O)CSc2nc(-c3cc[n+](CCCC)cc3)cs2)[C@]2(C)[C@H](C)CC[C@]3(CCC(=O)[C@H]32)[C@@H](C)[C@@H]1O.[Br-]. The second-order valence-corrected chi connectivity index (χ2v) is 15.6. The maximum Gasteiger partial charge on any atom is 0.316 e. The molecule has 1 N–H and O–H groups in total. The van der Waals surface area contributed by atoms with E-state index in [1.807, 2.05) is 18.4 Å². The van der Waals surface area contributed by atoms with E-state index in [0.29, 0.717) is 12.8 Å². The van der Waals surface area contributed by atoms with Gasteiger partial charge in [-0.15, -0.1) is 17.9 Å². The lowest BCUT2D eigenvalue weighted by atomic mass is 9.44. The Morgan fingerprint density at radius 3 is 2.67 bits per heavy atom. The fourth-order valence-electron chi connectivity index (χ4n) is 8.39. The molecule has 0 amide bonds. The molecule has 43 heavy (non-hydrogen) atoms. The minimum Gasteiger partial charge on any atom is -1.00 e. The highest BCUT2D eigenvalue weighted by atomic mass is 79.9. The number of carbonyl (C=O) groups is 2. The standard InChI is InChI=1S/C34H47N2O4S2.BrH/c1-7-9-16-36-17-12-24(13-18-36)25-20-41-31(35-25)42-21-28(38)40-27-19-32(5,8-2)30(39)23(4)34-14-10-22(3)33(27,6)29(34)26(37)11-15-34;/h8,12-13,17-18,20,22-23,27,29-30,39H,2,7,9-11,14-16,19,21H2,1,3-6H3;1H/q+1;/p-1/t22-,23+,27-,29+,30+,32-,33+,34+;/m1./s1. The average molecular weight is 692 g/mol. The van der Waals surface area contributed by atoms with Crippen molar-refractivity contribution < 1.29 is 41.0 Å². The number of thioether (sulfide) groups is 1. The van der Waals surface area contributed by atoms with Gasteiger partial charge in [0, 0.05) is 52.7 Å². The molecule has 0 radical (unpaired) electrons. The highest BCUT2D eigenvalue weighted by Crippen LogP contribution is 2.68. The van der Waals surface area contributed by atoms with Gasteiger partial charge in [-0.05, 0) is 42.9 Å². The van der Waals surface area contributed by atoms with Crippen LogP contribution in [0.2, 0.25) is 0 Å². The molecule has 6 nitrogen and oxygen atoms in total. The normalized spacial score (nSPS) is 35.3. The topological polar surface area (TPSA) is 80.4 Å². The maximum absolute atomic E-state index is 13.6. The van der Waals surface area contributed by atoms with Crippen LogP contribution in [0.5, 0.6) is 0 Å². The van der Waals surface area contributed by atoms with Gasteiger partial charge in [0.15, 0.2) is 16.7 Å². The molecule has 8 atom stereocenters. The van der Waals surface area contributed by atoms with Crippen LogP contribution < -0.4 is 21.5 Å². The van der Waals surface area contributed by atoms with Gasteiger partial charge in [0.2, 0.25) is 0 Å². The Hall–Kier alpha value is -1.55. The monoisotopic (exact) mass is 690 g/mol. The summed E-state index contributed by atoms with van der Waals surface area (Å²) in [7, 11) is 0. The first-order valence-corrected chi connectivity index (χ1v) is 17.5. The zero-order valence-corrected chi connectivity index (χ0v) is 29.4. The first kappa shape index (κ1) is 34.3. The van der Waals surface area contributed by atoms with Crippen LogP contribution in [0.1, 0.15) is 79.6 Å². The van der Waals surface area contributed by atoms with E-state index in [0.717, 1.165) is 54.2 Å². The van der Waals surface area contributed by atoms with Crippen molar-refractivity contribution in [3.8, 4) is 11.3 Å². The molecule has 0 saturated heterocycles. The molecule has 0 aromatic carbocycles. The molecular formula is C34H47BrN2O4S2. The van der Waals surface area contributed by atoms with Crippen molar-refractivity contribution in [1.29, 1.82) is 0 Å². The van der Waals surface area contributed by atoms with Crippen molar-refractivity contribution >= 4 is 34.9 Å². The summed E-state index contributed by atoms with van der Waals surface area (Å²) in [5.74, 6) is 0.0729. The zero-order chi connectivity index (χ0) is 30.3. The number of nitrogens with zero attached hydrogens (tertiary/aromatic N) is 2. The summed E-state index contributed by atoms with van der Waals surface area (Å²) in [6.45, 7) is 15.8. The lowest BCUT2D eigenvalue weighted by Gasteiger charge is -2.61. The number of aryl methyl sites for hydroxylation is 1. The van der Waals surface area contributed by atoms with Crippen LogP contribution in [0.3, 0.4) is 0 Å². The smallest absolute Gasteiger partial charge is 0.316 e. The number of hydrogen-bond donors (Lipinski definition) is 1. The number of ether oxygens (including phenoxy) is 1. The molecule has 236 valence electrons. The van der Waals surface area contributed by atoms with Crippen molar-refractivity contribution in [2.75, 3.05) is 5.75 Å². The van der Waals surface area contributed by atoms with Crippen LogP contribution in [0, 0.1) is 34.0 Å². The molecule has 2 heterocycles. The molecule has 3 aliphatic rings. The Kier molecular flexibility index (Phi) is 10.7. The van der Waals surface area contributed by atoms with E-state index in [1.54, 1.807) is 0 Å². The molecule has 0 unspecified atom stereocenters. The molecular weight excluding hydrogens is 644 g/mol. The number of aliphatic hydroxyl groups is 1. The minimum absolute atomic E-state index is 0. The van der Waals surface area contributed by atoms with Crippen LogP contribution in [0.4, 0.5) is 0 Å². The predicted octanol–water partition coefficient (Wildman–Crippen LogP) is 3.90. The van der Waals surface area contributed by atoms with Crippen molar-refractivity contribution in [2.24, 2.45) is 34.0 Å². The number of aromatic nitrogens is 2. The largest absolute Gasteiger partial charge is 1.00 e. The number of pyridine rings is 1. The van der Waals surface area contributed by atoms with Gasteiger partial charge in [-0.2, -0.15) is 0 Å². The van der Waals surface area contributed by atoms with Crippen LogP contribution >= 0.6 is 23.1 Å². The maximum atomic E-state index is 13.6. The van der Waals surface area contributed by atoms with Crippen LogP contribution in [-0.4, -0.2) is 39.8 Å². The van der Waals surface area contributed by atoms with Crippen molar-refractivity contribution in [3.63, 3.8) is 0 Å². The molecule has 3 aliphatic carbocycles. The van der Waals surface area contributed by atoms with Crippen LogP contribution in [0.15, 0.2) is 46.9 Å². The lowest BCUT2D eigenvalue weighted by molar-refractivity contribution is -0.697. The van der Waals surface area contributed by atoms with Crippen LogP contribution in [-0.2, 0) is 20.9 Å². The highest BCUT2D eigenvalue weighted by Gasteiger charge is 2.68. The third-order valence-electron chi connectivity index (χ3n) is 11.3. The summed E-state index contributed by atoms with van der Waals surface area (Å²) >= 11 is 2.93. The summed E-state index contributed by atoms with van der Waals surface area (Å²) in [6, 6.07) is 4.18. The molecule has 2 aromatic rings. The van der Waals surface area contributed by atoms with Gasteiger partial charge >= 0.3 is 5.97 Å². The lowest BCUT2D eigenvalue weighted by Crippen LogP contribution is -3.00. The first-order chi connectivity index (χ1) is 20.0. The van der Waals surface area contributed by atoms with Gasteiger partial charge in [-0.25, -0.2) is 9.55 Å². The van der Waals surface area contributed by atoms with E-state index in [1.165, 1.54) is 23.1 Å². The Bertz CT molecular complexity index is 1320. The number of halogens is 1. The molecule has 3 fully saturated rings. The number of carbonyl (C=O) groups excluding carboxylic acids is 2. The molecule has 5 rings (SSSR count). The van der Waals surface area contributed by atoms with Crippen molar-refractivity contribution in [2.45, 2.75) is 103 Å². The van der Waals surface area contributed by atoms with E-state index < -0.39 is 23.0 Å².